The van der Waals surface area contributed by atoms with Gasteiger partial charge in [-0.05, 0) is 32.3 Å². The van der Waals surface area contributed by atoms with Gasteiger partial charge in [0.25, 0.3) is 0 Å². The summed E-state index contributed by atoms with van der Waals surface area (Å²) in [7, 11) is 8.36. The minimum atomic E-state index is -0.436. The zero-order valence-electron chi connectivity index (χ0n) is 13.7. The number of ether oxygens (including phenoxy) is 4. The number of rotatable bonds is 8. The summed E-state index contributed by atoms with van der Waals surface area (Å²) in [5, 5.41) is 0. The van der Waals surface area contributed by atoms with Crippen LogP contribution in [-0.4, -0.2) is 59.4 Å². The first-order valence-electron chi connectivity index (χ1n) is 6.82. The van der Waals surface area contributed by atoms with Gasteiger partial charge in [-0.2, -0.15) is 0 Å². The van der Waals surface area contributed by atoms with Crippen molar-refractivity contribution in [3.8, 4) is 17.2 Å². The highest BCUT2D eigenvalue weighted by molar-refractivity contribution is 5.88. The lowest BCUT2D eigenvalue weighted by molar-refractivity contribution is -0.134. The molecule has 0 spiro atoms. The molecule has 0 bridgehead atoms. The molecule has 1 aromatic carbocycles. The third kappa shape index (κ3) is 4.96. The van der Waals surface area contributed by atoms with Gasteiger partial charge in [0.1, 0.15) is 6.61 Å². The number of carbonyl (C=O) groups is 1. The third-order valence-corrected chi connectivity index (χ3v) is 2.92. The Kier molecular flexibility index (Phi) is 7.25. The van der Waals surface area contributed by atoms with Crippen molar-refractivity contribution in [2.45, 2.75) is 0 Å². The Hall–Kier alpha value is -2.21. The molecule has 0 saturated carbocycles. The van der Waals surface area contributed by atoms with Crippen LogP contribution in [0.4, 0.5) is 0 Å². The van der Waals surface area contributed by atoms with E-state index in [4.69, 9.17) is 14.2 Å². The monoisotopic (exact) mass is 309 g/mol. The van der Waals surface area contributed by atoms with E-state index >= 15 is 0 Å². The van der Waals surface area contributed by atoms with Crippen LogP contribution in [0.2, 0.25) is 0 Å². The number of hydrogen-bond donors (Lipinski definition) is 0. The third-order valence-electron chi connectivity index (χ3n) is 2.92. The lowest BCUT2D eigenvalue weighted by atomic mass is 10.1. The fourth-order valence-electron chi connectivity index (χ4n) is 1.75. The number of esters is 1. The Morgan fingerprint density at radius 3 is 2.41 bits per heavy atom. The zero-order chi connectivity index (χ0) is 16.5. The van der Waals surface area contributed by atoms with Gasteiger partial charge >= 0.3 is 5.97 Å². The smallest absolute Gasteiger partial charge is 0.330 e. The topological polar surface area (TPSA) is 57.2 Å². The molecule has 0 heterocycles. The van der Waals surface area contributed by atoms with E-state index in [0.29, 0.717) is 29.4 Å². The molecular weight excluding hydrogens is 286 g/mol. The fraction of sp³-hybridized carbons (Fsp3) is 0.438. The van der Waals surface area contributed by atoms with Crippen LogP contribution in [0, 0.1) is 0 Å². The fourth-order valence-corrected chi connectivity index (χ4v) is 1.75. The molecule has 0 saturated heterocycles. The lowest BCUT2D eigenvalue weighted by Gasteiger charge is -2.17. The molecule has 0 amide bonds. The molecular formula is C16H23NO5. The number of nitrogens with zero attached hydrogens (tertiary/aromatic N) is 1. The van der Waals surface area contributed by atoms with Crippen molar-refractivity contribution in [2.24, 2.45) is 0 Å². The van der Waals surface area contributed by atoms with Crippen LogP contribution in [0.5, 0.6) is 17.2 Å². The standard InChI is InChI=1S/C16H23NO5/c1-17(2)10-11-22-15-12(7-9-14(18)20-4)6-8-13(19-3)16(15)21-5/h6-9H,10-11H2,1-5H3/b9-7+. The molecule has 0 N–H and O–H groups in total. The maximum atomic E-state index is 11.3. The van der Waals surface area contributed by atoms with Gasteiger partial charge in [-0.1, -0.05) is 0 Å². The summed E-state index contributed by atoms with van der Waals surface area (Å²) < 4.78 is 21.1. The maximum Gasteiger partial charge on any atom is 0.330 e. The highest BCUT2D eigenvalue weighted by Crippen LogP contribution is 2.40. The number of benzene rings is 1. The predicted octanol–water partition coefficient (Wildman–Crippen LogP) is 1.83. The largest absolute Gasteiger partial charge is 0.493 e. The van der Waals surface area contributed by atoms with E-state index in [1.165, 1.54) is 13.2 Å². The molecule has 1 rings (SSSR count). The van der Waals surface area contributed by atoms with E-state index < -0.39 is 5.97 Å². The number of likely N-dealkylation sites (N-methyl/N-ethyl adjacent to an activating group) is 1. The highest BCUT2D eigenvalue weighted by atomic mass is 16.5. The van der Waals surface area contributed by atoms with Gasteiger partial charge in [-0.25, -0.2) is 4.79 Å². The molecule has 0 unspecified atom stereocenters. The van der Waals surface area contributed by atoms with Gasteiger partial charge in [0, 0.05) is 18.2 Å². The molecule has 0 atom stereocenters. The molecule has 122 valence electrons. The molecule has 0 radical (unpaired) electrons. The van der Waals surface area contributed by atoms with Crippen LogP contribution in [0.15, 0.2) is 18.2 Å². The van der Waals surface area contributed by atoms with E-state index in [2.05, 4.69) is 4.74 Å². The van der Waals surface area contributed by atoms with Crippen LogP contribution in [-0.2, 0) is 9.53 Å². The average molecular weight is 309 g/mol. The van der Waals surface area contributed by atoms with E-state index in [9.17, 15) is 4.79 Å². The molecule has 0 aromatic heterocycles. The molecule has 22 heavy (non-hydrogen) atoms. The molecule has 1 aromatic rings. The molecule has 6 nitrogen and oxygen atoms in total. The summed E-state index contributed by atoms with van der Waals surface area (Å²) >= 11 is 0. The SMILES string of the molecule is COC(=O)/C=C/c1ccc(OC)c(OC)c1OCCN(C)C. The molecule has 0 aliphatic carbocycles. The highest BCUT2D eigenvalue weighted by Gasteiger charge is 2.15. The molecule has 0 aliphatic rings. The number of methoxy groups -OCH3 is 3. The molecule has 0 fully saturated rings. The van der Waals surface area contributed by atoms with Gasteiger partial charge in [0.15, 0.2) is 11.5 Å². The van der Waals surface area contributed by atoms with Crippen molar-refractivity contribution in [3.05, 3.63) is 23.8 Å². The quantitative estimate of drug-likeness (QED) is 0.539. The van der Waals surface area contributed by atoms with Crippen molar-refractivity contribution in [3.63, 3.8) is 0 Å². The van der Waals surface area contributed by atoms with E-state index in [1.54, 1.807) is 32.4 Å². The second kappa shape index (κ2) is 8.94. The van der Waals surface area contributed by atoms with E-state index in [0.717, 1.165) is 6.54 Å². The van der Waals surface area contributed by atoms with E-state index in [1.807, 2.05) is 19.0 Å². The number of hydrogen-bond acceptors (Lipinski definition) is 6. The average Bonchev–Trinajstić information content (AvgIpc) is 2.52. The summed E-state index contributed by atoms with van der Waals surface area (Å²) in [4.78, 5) is 13.3. The van der Waals surface area contributed by atoms with E-state index in [-0.39, 0.29) is 0 Å². The van der Waals surface area contributed by atoms with Gasteiger partial charge < -0.3 is 23.8 Å². The second-order valence-electron chi connectivity index (χ2n) is 4.73. The molecule has 0 aliphatic heterocycles. The minimum Gasteiger partial charge on any atom is -0.493 e. The van der Waals surface area contributed by atoms with Crippen LogP contribution < -0.4 is 14.2 Å². The van der Waals surface area contributed by atoms with Gasteiger partial charge in [0.2, 0.25) is 5.75 Å². The Labute approximate surface area is 131 Å². The Bertz CT molecular complexity index is 526. The number of carbonyl (C=O) groups excluding carboxylic acids is 1. The Balaban J connectivity index is 3.12. The lowest BCUT2D eigenvalue weighted by Crippen LogP contribution is -2.19. The van der Waals surface area contributed by atoms with Crippen LogP contribution >= 0.6 is 0 Å². The summed E-state index contributed by atoms with van der Waals surface area (Å²) in [6.45, 7) is 1.23. The molecule has 6 heteroatoms. The maximum absolute atomic E-state index is 11.3. The second-order valence-corrected chi connectivity index (χ2v) is 4.73. The van der Waals surface area contributed by atoms with Crippen molar-refractivity contribution in [2.75, 3.05) is 48.6 Å². The minimum absolute atomic E-state index is 0.436. The summed E-state index contributed by atoms with van der Waals surface area (Å²) in [5.74, 6) is 1.16. The first kappa shape index (κ1) is 17.8. The van der Waals surface area contributed by atoms with Gasteiger partial charge in [-0.3, -0.25) is 0 Å². The van der Waals surface area contributed by atoms with Crippen molar-refractivity contribution in [1.29, 1.82) is 0 Å². The van der Waals surface area contributed by atoms with Crippen LogP contribution in [0.3, 0.4) is 0 Å². The van der Waals surface area contributed by atoms with Gasteiger partial charge in [0.05, 0.1) is 21.3 Å². The summed E-state index contributed by atoms with van der Waals surface area (Å²) in [5.41, 5.74) is 0.710. The first-order valence-corrected chi connectivity index (χ1v) is 6.82. The van der Waals surface area contributed by atoms with Gasteiger partial charge in [-0.15, -0.1) is 0 Å². The summed E-state index contributed by atoms with van der Waals surface area (Å²) in [6.07, 6.45) is 2.96. The van der Waals surface area contributed by atoms with Crippen LogP contribution in [0.1, 0.15) is 5.56 Å². The zero-order valence-corrected chi connectivity index (χ0v) is 13.7. The predicted molar refractivity (Wildman–Crippen MR) is 84.6 cm³/mol. The van der Waals surface area contributed by atoms with Crippen molar-refractivity contribution >= 4 is 12.0 Å². The van der Waals surface area contributed by atoms with Crippen LogP contribution in [0.25, 0.3) is 6.08 Å². The summed E-state index contributed by atoms with van der Waals surface area (Å²) in [6, 6.07) is 3.56. The first-order chi connectivity index (χ1) is 10.5. The van der Waals surface area contributed by atoms with Crippen molar-refractivity contribution < 1.29 is 23.7 Å². The Morgan fingerprint density at radius 1 is 1.14 bits per heavy atom. The normalized spacial score (nSPS) is 10.8. The van der Waals surface area contributed by atoms with Crippen molar-refractivity contribution in [1.82, 2.24) is 4.90 Å². The Morgan fingerprint density at radius 2 is 1.86 bits per heavy atom.